The molecule has 30 heavy (non-hydrogen) atoms. The molecule has 0 unspecified atom stereocenters. The molecule has 4 aromatic rings. The Morgan fingerprint density at radius 3 is 2.70 bits per heavy atom. The first kappa shape index (κ1) is 19.8. The minimum atomic E-state index is -0.304. The first-order valence-electron chi connectivity index (χ1n) is 9.60. The molecule has 0 saturated heterocycles. The van der Waals surface area contributed by atoms with E-state index in [2.05, 4.69) is 15.0 Å². The van der Waals surface area contributed by atoms with E-state index in [0.717, 1.165) is 11.1 Å². The molecule has 154 valence electrons. The average molecular weight is 407 g/mol. The van der Waals surface area contributed by atoms with Crippen LogP contribution in [-0.2, 0) is 11.3 Å². The normalized spacial score (nSPS) is 12.1. The maximum Gasteiger partial charge on any atom is 0.178 e. The van der Waals surface area contributed by atoms with Gasteiger partial charge in [-0.2, -0.15) is 0 Å². The Balaban J connectivity index is 1.66. The van der Waals surface area contributed by atoms with Crippen molar-refractivity contribution >= 4 is 11.2 Å². The minimum absolute atomic E-state index is 0.102. The molecule has 1 N–H and O–H groups in total. The summed E-state index contributed by atoms with van der Waals surface area (Å²) in [6, 6.07) is 15.8. The number of hydrogen-bond donors (Lipinski definition) is 1. The fraction of sp³-hybridized carbons (Fsp3) is 0.217. The lowest BCUT2D eigenvalue weighted by Crippen LogP contribution is -2.18. The molecule has 0 radical (unpaired) electrons. The highest BCUT2D eigenvalue weighted by atomic mass is 19.1. The molecular formula is C23H22FN3O3. The van der Waals surface area contributed by atoms with Crippen LogP contribution in [0.2, 0.25) is 0 Å². The lowest BCUT2D eigenvalue weighted by atomic mass is 10.2. The second-order valence-electron chi connectivity index (χ2n) is 6.92. The number of methoxy groups -OCH3 is 1. The van der Waals surface area contributed by atoms with Gasteiger partial charge in [0.1, 0.15) is 35.9 Å². The third-order valence-electron chi connectivity index (χ3n) is 4.50. The summed E-state index contributed by atoms with van der Waals surface area (Å²) < 4.78 is 31.0. The van der Waals surface area contributed by atoms with Crippen LogP contribution in [0, 0.1) is 5.82 Å². The van der Waals surface area contributed by atoms with Gasteiger partial charge in [-0.25, -0.2) is 14.4 Å². The van der Waals surface area contributed by atoms with E-state index in [1.165, 1.54) is 6.07 Å². The fourth-order valence-electron chi connectivity index (χ4n) is 3.12. The van der Waals surface area contributed by atoms with Gasteiger partial charge in [0.25, 0.3) is 0 Å². The molecule has 2 heterocycles. The average Bonchev–Trinajstić information content (AvgIpc) is 3.18. The van der Waals surface area contributed by atoms with Crippen LogP contribution in [0.25, 0.3) is 22.6 Å². The number of ether oxygens (including phenoxy) is 3. The van der Waals surface area contributed by atoms with Crippen LogP contribution in [0.3, 0.4) is 0 Å². The van der Waals surface area contributed by atoms with E-state index in [9.17, 15) is 4.39 Å². The standard InChI is InChI=1S/C23H22FN3O3/c1-15(13-28-2)30-19-11-17(22-26-21-8-5-9-25-23(21)27-22)10-18(12-19)29-14-16-6-3-4-7-20(16)24/h3-12,15H,13-14H2,1-2H3,(H,25,26,27)/t15-/m1/s1. The number of fused-ring (bicyclic) bond motifs is 1. The van der Waals surface area contributed by atoms with E-state index >= 15 is 0 Å². The smallest absolute Gasteiger partial charge is 0.178 e. The van der Waals surface area contributed by atoms with Gasteiger partial charge in [-0.3, -0.25) is 0 Å². The molecule has 7 heteroatoms. The number of aromatic amines is 1. The maximum atomic E-state index is 14.0. The predicted octanol–water partition coefficient (Wildman–Crippen LogP) is 4.76. The molecular weight excluding hydrogens is 385 g/mol. The van der Waals surface area contributed by atoms with Crippen molar-refractivity contribution in [2.24, 2.45) is 0 Å². The quantitative estimate of drug-likeness (QED) is 0.456. The number of nitrogens with zero attached hydrogens (tertiary/aromatic N) is 2. The van der Waals surface area contributed by atoms with E-state index in [1.54, 1.807) is 37.6 Å². The number of aromatic nitrogens is 3. The molecule has 2 aromatic heterocycles. The van der Waals surface area contributed by atoms with Crippen molar-refractivity contribution in [1.82, 2.24) is 15.0 Å². The lowest BCUT2D eigenvalue weighted by molar-refractivity contribution is 0.0919. The molecule has 6 nitrogen and oxygen atoms in total. The molecule has 0 aliphatic heterocycles. The molecule has 4 rings (SSSR count). The monoisotopic (exact) mass is 407 g/mol. The highest BCUT2D eigenvalue weighted by molar-refractivity contribution is 5.76. The highest BCUT2D eigenvalue weighted by Crippen LogP contribution is 2.30. The van der Waals surface area contributed by atoms with Gasteiger partial charge in [-0.15, -0.1) is 0 Å². The van der Waals surface area contributed by atoms with Crippen LogP contribution >= 0.6 is 0 Å². The first-order valence-corrected chi connectivity index (χ1v) is 9.60. The maximum absolute atomic E-state index is 14.0. The Morgan fingerprint density at radius 1 is 1.07 bits per heavy atom. The number of rotatable bonds is 8. The number of halogens is 1. The van der Waals surface area contributed by atoms with Gasteiger partial charge in [0.2, 0.25) is 0 Å². The zero-order valence-corrected chi connectivity index (χ0v) is 16.8. The molecule has 0 fully saturated rings. The summed E-state index contributed by atoms with van der Waals surface area (Å²) in [6.07, 6.45) is 1.55. The second kappa shape index (κ2) is 8.92. The van der Waals surface area contributed by atoms with Crippen molar-refractivity contribution in [2.75, 3.05) is 13.7 Å². The molecule has 0 aliphatic carbocycles. The summed E-state index contributed by atoms with van der Waals surface area (Å²) >= 11 is 0. The number of H-pyrrole nitrogens is 1. The van der Waals surface area contributed by atoms with Gasteiger partial charge in [0.15, 0.2) is 5.65 Å². The fourth-order valence-corrected chi connectivity index (χ4v) is 3.12. The van der Waals surface area contributed by atoms with Crippen molar-refractivity contribution in [3.63, 3.8) is 0 Å². The summed E-state index contributed by atoms with van der Waals surface area (Å²) in [5.41, 5.74) is 2.71. The zero-order valence-electron chi connectivity index (χ0n) is 16.8. The van der Waals surface area contributed by atoms with E-state index < -0.39 is 0 Å². The summed E-state index contributed by atoms with van der Waals surface area (Å²) in [6.45, 7) is 2.47. The van der Waals surface area contributed by atoms with Crippen molar-refractivity contribution in [2.45, 2.75) is 19.6 Å². The van der Waals surface area contributed by atoms with E-state index in [1.807, 2.05) is 31.2 Å². The first-order chi connectivity index (χ1) is 14.6. The molecule has 1 atom stereocenters. The Hall–Kier alpha value is -3.45. The topological polar surface area (TPSA) is 69.3 Å². The minimum Gasteiger partial charge on any atom is -0.489 e. The summed E-state index contributed by atoms with van der Waals surface area (Å²) in [5, 5.41) is 0. The van der Waals surface area contributed by atoms with Crippen molar-refractivity contribution in [1.29, 1.82) is 0 Å². The van der Waals surface area contributed by atoms with Gasteiger partial charge < -0.3 is 19.2 Å². The van der Waals surface area contributed by atoms with Crippen LogP contribution in [-0.4, -0.2) is 34.8 Å². The Bertz CT molecular complexity index is 1110. The summed E-state index contributed by atoms with van der Waals surface area (Å²) in [7, 11) is 1.63. The van der Waals surface area contributed by atoms with E-state index in [0.29, 0.717) is 35.1 Å². The highest BCUT2D eigenvalue weighted by Gasteiger charge is 2.13. The van der Waals surface area contributed by atoms with Crippen LogP contribution < -0.4 is 9.47 Å². The van der Waals surface area contributed by atoms with Crippen molar-refractivity contribution in [3.8, 4) is 22.9 Å². The molecule has 0 aliphatic rings. The molecule has 0 amide bonds. The molecule has 2 aromatic carbocycles. The third-order valence-corrected chi connectivity index (χ3v) is 4.50. The van der Waals surface area contributed by atoms with E-state index in [4.69, 9.17) is 14.2 Å². The van der Waals surface area contributed by atoms with Crippen LogP contribution in [0.15, 0.2) is 60.8 Å². The molecule has 0 saturated carbocycles. The van der Waals surface area contributed by atoms with Gasteiger partial charge in [-0.05, 0) is 37.3 Å². The van der Waals surface area contributed by atoms with Gasteiger partial charge in [-0.1, -0.05) is 18.2 Å². The lowest BCUT2D eigenvalue weighted by Gasteiger charge is -2.16. The van der Waals surface area contributed by atoms with Gasteiger partial charge in [0.05, 0.1) is 12.1 Å². The Morgan fingerprint density at radius 2 is 1.90 bits per heavy atom. The predicted molar refractivity (Wildman–Crippen MR) is 112 cm³/mol. The number of benzene rings is 2. The molecule has 0 bridgehead atoms. The van der Waals surface area contributed by atoms with Crippen LogP contribution in [0.4, 0.5) is 4.39 Å². The summed E-state index contributed by atoms with van der Waals surface area (Å²) in [5.74, 6) is 1.49. The largest absolute Gasteiger partial charge is 0.489 e. The number of nitrogens with one attached hydrogen (secondary N) is 1. The van der Waals surface area contributed by atoms with Crippen molar-refractivity contribution < 1.29 is 18.6 Å². The molecule has 0 spiro atoms. The van der Waals surface area contributed by atoms with E-state index in [-0.39, 0.29) is 18.5 Å². The van der Waals surface area contributed by atoms with Crippen molar-refractivity contribution in [3.05, 3.63) is 72.2 Å². The SMILES string of the molecule is COC[C@@H](C)Oc1cc(OCc2ccccc2F)cc(-c2nc3ncccc3[nH]2)c1. The number of imidazole rings is 1. The Kier molecular flexibility index (Phi) is 5.90. The third kappa shape index (κ3) is 4.58. The zero-order chi connectivity index (χ0) is 20.9. The summed E-state index contributed by atoms with van der Waals surface area (Å²) in [4.78, 5) is 12.1. The number of hydrogen-bond acceptors (Lipinski definition) is 5. The van der Waals surface area contributed by atoms with Crippen LogP contribution in [0.1, 0.15) is 12.5 Å². The van der Waals surface area contributed by atoms with Gasteiger partial charge in [0, 0.05) is 30.5 Å². The number of pyridine rings is 1. The second-order valence-corrected chi connectivity index (χ2v) is 6.92. The Labute approximate surface area is 173 Å². The van der Waals surface area contributed by atoms with Crippen LogP contribution in [0.5, 0.6) is 11.5 Å². The van der Waals surface area contributed by atoms with Gasteiger partial charge >= 0.3 is 0 Å².